The summed E-state index contributed by atoms with van der Waals surface area (Å²) in [7, 11) is 0. The van der Waals surface area contributed by atoms with Gasteiger partial charge in [-0.3, -0.25) is 4.79 Å². The fourth-order valence-corrected chi connectivity index (χ4v) is 0.386. The summed E-state index contributed by atoms with van der Waals surface area (Å²) in [6.45, 7) is 1.77. The summed E-state index contributed by atoms with van der Waals surface area (Å²) < 4.78 is 52.3. The molecule has 0 spiro atoms. The molecule has 16 heavy (non-hydrogen) atoms. The van der Waals surface area contributed by atoms with Gasteiger partial charge in [0.2, 0.25) is 0 Å². The van der Waals surface area contributed by atoms with Crippen LogP contribution in [0.15, 0.2) is 0 Å². The zero-order chi connectivity index (χ0) is 13.1. The third-order valence-corrected chi connectivity index (χ3v) is 0.877. The Morgan fingerprint density at radius 3 is 1.75 bits per heavy atom. The Bertz CT molecular complexity index is 208. The number of alkyl halides is 4. The Morgan fingerprint density at radius 1 is 1.12 bits per heavy atom. The first-order chi connectivity index (χ1) is 7.31. The Morgan fingerprint density at radius 2 is 1.62 bits per heavy atom. The molecule has 0 fully saturated rings. The molecule has 8 heteroatoms. The van der Waals surface area contributed by atoms with Crippen LogP contribution in [0.5, 0.6) is 0 Å². The summed E-state index contributed by atoms with van der Waals surface area (Å²) in [4.78, 5) is 19.6. The number of ether oxygens (including phenoxy) is 2. The summed E-state index contributed by atoms with van der Waals surface area (Å²) in [6, 6.07) is 0. The van der Waals surface area contributed by atoms with Gasteiger partial charge in [0.05, 0.1) is 6.61 Å². The molecule has 0 amide bonds. The molecular weight excluding hydrogens is 236 g/mol. The van der Waals surface area contributed by atoms with Crippen molar-refractivity contribution in [3.8, 4) is 0 Å². The quantitative estimate of drug-likeness (QED) is 0.560. The summed E-state index contributed by atoms with van der Waals surface area (Å²) in [5.74, 6) is -2.13. The number of rotatable bonds is 4. The monoisotopic (exact) mass is 248 g/mol. The third-order valence-electron chi connectivity index (χ3n) is 0.877. The lowest BCUT2D eigenvalue weighted by Gasteiger charge is -1.96. The molecule has 0 rings (SSSR count). The number of hydrogen-bond donors (Lipinski definition) is 0. The molecule has 0 heterocycles. The van der Waals surface area contributed by atoms with E-state index in [-0.39, 0.29) is 6.61 Å². The molecule has 0 bridgehead atoms. The fraction of sp³-hybridized carbons (Fsp3) is 0.750. The van der Waals surface area contributed by atoms with Crippen LogP contribution >= 0.6 is 0 Å². The minimum absolute atomic E-state index is 0.00315. The SMILES string of the molecule is CC(=O)OCC(F)F.CCOC(=O)C(F)F. The maximum Gasteiger partial charge on any atom is 0.373 e. The average Bonchev–Trinajstić information content (AvgIpc) is 2.16. The van der Waals surface area contributed by atoms with E-state index < -0.39 is 31.4 Å². The molecule has 0 saturated heterocycles. The van der Waals surface area contributed by atoms with Crippen LogP contribution in [0.3, 0.4) is 0 Å². The highest BCUT2D eigenvalue weighted by Crippen LogP contribution is 1.94. The Balaban J connectivity index is 0. The standard InChI is InChI=1S/2C4H6F2O2/c1-3(7)8-2-4(5)6;1-2-8-4(7)3(5)6/h4H,2H2,1H3;3H,2H2,1H3. The highest BCUT2D eigenvalue weighted by Gasteiger charge is 2.14. The topological polar surface area (TPSA) is 52.6 Å². The first-order valence-electron chi connectivity index (χ1n) is 4.17. The van der Waals surface area contributed by atoms with Gasteiger partial charge in [-0.25, -0.2) is 13.6 Å². The van der Waals surface area contributed by atoms with E-state index in [0.717, 1.165) is 6.92 Å². The van der Waals surface area contributed by atoms with Crippen LogP contribution in [0.2, 0.25) is 0 Å². The highest BCUT2D eigenvalue weighted by molar-refractivity contribution is 5.72. The van der Waals surface area contributed by atoms with E-state index in [1.54, 1.807) is 0 Å². The number of hydrogen-bond acceptors (Lipinski definition) is 4. The van der Waals surface area contributed by atoms with Crippen LogP contribution in [0, 0.1) is 0 Å². The number of carbonyl (C=O) groups excluding carboxylic acids is 2. The van der Waals surface area contributed by atoms with Crippen molar-refractivity contribution in [1.29, 1.82) is 0 Å². The molecular formula is C8H12F4O4. The molecule has 0 N–H and O–H groups in total. The van der Waals surface area contributed by atoms with Gasteiger partial charge >= 0.3 is 18.4 Å². The molecule has 0 unspecified atom stereocenters. The molecule has 0 aromatic rings. The van der Waals surface area contributed by atoms with Crippen molar-refractivity contribution in [2.45, 2.75) is 26.7 Å². The van der Waals surface area contributed by atoms with E-state index in [1.807, 2.05) is 0 Å². The smallest absolute Gasteiger partial charge is 0.373 e. The number of halogens is 4. The van der Waals surface area contributed by atoms with Gasteiger partial charge in [0, 0.05) is 6.92 Å². The molecule has 96 valence electrons. The van der Waals surface area contributed by atoms with Crippen LogP contribution in [-0.4, -0.2) is 38.0 Å². The molecule has 0 aliphatic heterocycles. The number of carbonyl (C=O) groups is 2. The molecule has 0 aliphatic rings. The number of esters is 2. The second-order valence-electron chi connectivity index (χ2n) is 2.25. The largest absolute Gasteiger partial charge is 0.462 e. The lowest BCUT2D eigenvalue weighted by atomic mass is 10.7. The van der Waals surface area contributed by atoms with Crippen LogP contribution in [0.25, 0.3) is 0 Å². The molecule has 0 aliphatic carbocycles. The normalized spacial score (nSPS) is 9.50. The van der Waals surface area contributed by atoms with Crippen LogP contribution in [-0.2, 0) is 19.1 Å². The molecule has 0 atom stereocenters. The van der Waals surface area contributed by atoms with Crippen molar-refractivity contribution >= 4 is 11.9 Å². The van der Waals surface area contributed by atoms with Gasteiger partial charge in [-0.05, 0) is 6.92 Å². The van der Waals surface area contributed by atoms with Gasteiger partial charge in [-0.2, -0.15) is 8.78 Å². The minimum atomic E-state index is -2.99. The van der Waals surface area contributed by atoms with Gasteiger partial charge in [0.15, 0.2) is 6.61 Å². The highest BCUT2D eigenvalue weighted by atomic mass is 19.3. The van der Waals surface area contributed by atoms with Gasteiger partial charge < -0.3 is 9.47 Å². The van der Waals surface area contributed by atoms with E-state index in [0.29, 0.717) is 0 Å². The third kappa shape index (κ3) is 15.1. The van der Waals surface area contributed by atoms with Crippen molar-refractivity contribution in [2.75, 3.05) is 13.2 Å². The van der Waals surface area contributed by atoms with E-state index in [1.165, 1.54) is 6.92 Å². The maximum atomic E-state index is 11.1. The predicted octanol–water partition coefficient (Wildman–Crippen LogP) is 1.63. The Labute approximate surface area is 89.5 Å². The zero-order valence-corrected chi connectivity index (χ0v) is 8.71. The van der Waals surface area contributed by atoms with Gasteiger partial charge in [-0.1, -0.05) is 0 Å². The maximum absolute atomic E-state index is 11.1. The van der Waals surface area contributed by atoms with Gasteiger partial charge in [0.1, 0.15) is 0 Å². The van der Waals surface area contributed by atoms with Gasteiger partial charge in [0.25, 0.3) is 6.43 Å². The lowest BCUT2D eigenvalue weighted by Crippen LogP contribution is -2.13. The van der Waals surface area contributed by atoms with E-state index in [2.05, 4.69) is 9.47 Å². The fourth-order valence-electron chi connectivity index (χ4n) is 0.386. The van der Waals surface area contributed by atoms with Crippen LogP contribution < -0.4 is 0 Å². The average molecular weight is 248 g/mol. The second kappa shape index (κ2) is 10.2. The second-order valence-corrected chi connectivity index (χ2v) is 2.25. The van der Waals surface area contributed by atoms with Crippen LogP contribution in [0.4, 0.5) is 17.6 Å². The molecule has 0 aromatic carbocycles. The summed E-state index contributed by atoms with van der Waals surface area (Å²) in [5.41, 5.74) is 0. The lowest BCUT2D eigenvalue weighted by molar-refractivity contribution is -0.155. The summed E-state index contributed by atoms with van der Waals surface area (Å²) in [6.07, 6.45) is -5.55. The van der Waals surface area contributed by atoms with Crippen molar-refractivity contribution in [1.82, 2.24) is 0 Å². The van der Waals surface area contributed by atoms with Crippen molar-refractivity contribution in [3.05, 3.63) is 0 Å². The minimum Gasteiger partial charge on any atom is -0.462 e. The van der Waals surface area contributed by atoms with Crippen molar-refractivity contribution in [2.24, 2.45) is 0 Å². The van der Waals surface area contributed by atoms with E-state index in [4.69, 9.17) is 0 Å². The van der Waals surface area contributed by atoms with Crippen LogP contribution in [0.1, 0.15) is 13.8 Å². The van der Waals surface area contributed by atoms with E-state index >= 15 is 0 Å². The molecule has 0 saturated carbocycles. The zero-order valence-electron chi connectivity index (χ0n) is 8.71. The first kappa shape index (κ1) is 17.1. The molecule has 0 radical (unpaired) electrons. The Kier molecular flexibility index (Phi) is 10.9. The summed E-state index contributed by atoms with van der Waals surface area (Å²) in [5, 5.41) is 0. The molecule has 0 aromatic heterocycles. The first-order valence-corrected chi connectivity index (χ1v) is 4.17. The van der Waals surface area contributed by atoms with Crippen molar-refractivity contribution in [3.63, 3.8) is 0 Å². The summed E-state index contributed by atoms with van der Waals surface area (Å²) >= 11 is 0. The van der Waals surface area contributed by atoms with Crippen molar-refractivity contribution < 1.29 is 36.6 Å². The molecule has 4 nitrogen and oxygen atoms in total. The predicted molar refractivity (Wildman–Crippen MR) is 45.3 cm³/mol. The van der Waals surface area contributed by atoms with E-state index in [9.17, 15) is 27.2 Å². The Hall–Kier alpha value is -1.34. The van der Waals surface area contributed by atoms with Gasteiger partial charge in [-0.15, -0.1) is 0 Å².